The van der Waals surface area contributed by atoms with Crippen LogP contribution < -0.4 is 10.4 Å². The van der Waals surface area contributed by atoms with Crippen LogP contribution in [0.25, 0.3) is 0 Å². The molecule has 13 heteroatoms. The maximum Gasteiger partial charge on any atom is 0.0939 e. The molecule has 47 heavy (non-hydrogen) atoms. The van der Waals surface area contributed by atoms with Gasteiger partial charge in [-0.05, 0) is 0 Å². The van der Waals surface area contributed by atoms with Crippen molar-refractivity contribution in [3.8, 4) is 0 Å². The van der Waals surface area contributed by atoms with E-state index in [0.29, 0.717) is 0 Å². The lowest BCUT2D eigenvalue weighted by Crippen LogP contribution is -3.16. The van der Waals surface area contributed by atoms with E-state index < -0.39 is 91.5 Å². The van der Waals surface area contributed by atoms with E-state index in [1.165, 1.54) is 0 Å². The van der Waals surface area contributed by atoms with Crippen molar-refractivity contribution in [1.29, 1.82) is 0 Å². The van der Waals surface area contributed by atoms with Gasteiger partial charge in [0, 0.05) is 84.3 Å². The maximum absolute atomic E-state index is 3.30. The minimum absolute atomic E-state index is 1.39. The summed E-state index contributed by atoms with van der Waals surface area (Å²) >= 11 is 0. The first-order chi connectivity index (χ1) is 20.7. The number of benzene rings is 2. The Morgan fingerprint density at radius 3 is 0.617 bits per heavy atom. The van der Waals surface area contributed by atoms with Crippen molar-refractivity contribution in [2.24, 2.45) is 0 Å². The molecule has 2 aliphatic heterocycles. The van der Waals surface area contributed by atoms with Gasteiger partial charge in [-0.3, -0.25) is 0 Å². The summed E-state index contributed by atoms with van der Waals surface area (Å²) in [4.78, 5) is 0. The summed E-state index contributed by atoms with van der Waals surface area (Å²) in [5.74, 6) is 0. The van der Waals surface area contributed by atoms with Crippen LogP contribution in [0.15, 0.2) is 60.7 Å². The van der Waals surface area contributed by atoms with Crippen molar-refractivity contribution in [2.45, 2.75) is 144 Å². The van der Waals surface area contributed by atoms with Crippen molar-refractivity contribution < 1.29 is 0 Å². The van der Waals surface area contributed by atoms with Gasteiger partial charge < -0.3 is 0 Å². The minimum atomic E-state index is -2.31. The quantitative estimate of drug-likeness (QED) is 0.269. The van der Waals surface area contributed by atoms with Gasteiger partial charge in [0.1, 0.15) is 0 Å². The first-order valence-electron chi connectivity index (χ1n) is 18.8. The summed E-state index contributed by atoms with van der Waals surface area (Å²) in [6, 6.07) is 26.1. The predicted octanol–water partition coefficient (Wildman–Crippen LogP) is 9.62. The van der Waals surface area contributed by atoms with E-state index in [9.17, 15) is 0 Å². The Balaban J connectivity index is 2.53. The smallest absolute Gasteiger partial charge is 0.0746 e. The first-order valence-corrected chi connectivity index (χ1v) is 69.8. The monoisotopic (exact) mass is 848 g/mol. The topological polar surface area (TPSA) is 0 Å². The fraction of sp³-hybridized carbons (Fsp3) is 0.647. The number of hydrogen-bond acceptors (Lipinski definition) is 0. The lowest BCUT2D eigenvalue weighted by Gasteiger charge is -2.83. The van der Waals surface area contributed by atoms with E-state index in [1.54, 1.807) is 0 Å². The molecule has 0 amide bonds. The molecule has 4 rings (SSSR count). The fourth-order valence-electron chi connectivity index (χ4n) is 13.8. The number of hydrogen-bond donors (Lipinski definition) is 0. The predicted molar refractivity (Wildman–Crippen MR) is 256 cm³/mol. The standard InChI is InChI=1S/C34H76Si13/c1-35(2)37(5,6)41(13,14)45(21,42(15,16)38(35,7)8)47(33-29-25-23-26-30-33,34-31-27-24-28-32-34)46(22)43(17,18)39(9,10)36(3,4)40(11,12)44(46,19)20/h23-32H,1-22H3. The van der Waals surface area contributed by atoms with Crippen LogP contribution in [0.1, 0.15) is 0 Å². The summed E-state index contributed by atoms with van der Waals surface area (Å²) in [5.41, 5.74) is 0. The van der Waals surface area contributed by atoms with E-state index in [1.807, 2.05) is 10.4 Å². The van der Waals surface area contributed by atoms with Gasteiger partial charge in [0.25, 0.3) is 0 Å². The normalized spacial score (nSPS) is 29.4. The molecule has 2 fully saturated rings. The highest BCUT2D eigenvalue weighted by atomic mass is 30.4. The zero-order valence-corrected chi connectivity index (χ0v) is 48.3. The lowest BCUT2D eigenvalue weighted by atomic mass is 10.4. The number of rotatable bonds is 4. The van der Waals surface area contributed by atoms with Gasteiger partial charge in [0.2, 0.25) is 0 Å². The molecule has 2 saturated heterocycles. The van der Waals surface area contributed by atoms with Gasteiger partial charge in [-0.2, -0.15) is 0 Å². The van der Waals surface area contributed by atoms with E-state index in [0.717, 1.165) is 0 Å². The Bertz CT molecular complexity index is 1340. The molecule has 0 radical (unpaired) electrons. The van der Waals surface area contributed by atoms with Crippen LogP contribution in [0.5, 0.6) is 0 Å². The molecule has 0 bridgehead atoms. The lowest BCUT2D eigenvalue weighted by molar-refractivity contribution is 1.70. The van der Waals surface area contributed by atoms with Gasteiger partial charge in [0.05, 0.1) is 7.11 Å². The molecule has 0 aromatic heterocycles. The molecule has 0 nitrogen and oxygen atoms in total. The van der Waals surface area contributed by atoms with E-state index >= 15 is 0 Å². The van der Waals surface area contributed by atoms with Crippen molar-refractivity contribution in [2.75, 3.05) is 0 Å². The average molecular weight is 850 g/mol. The largest absolute Gasteiger partial charge is 0.0939 e. The molecular weight excluding hydrogens is 773 g/mol. The molecule has 0 unspecified atom stereocenters. The molecule has 2 aromatic carbocycles. The highest BCUT2D eigenvalue weighted by Gasteiger charge is 2.90. The molecule has 2 aromatic rings. The zero-order chi connectivity index (χ0) is 36.7. The van der Waals surface area contributed by atoms with Crippen molar-refractivity contribution in [3.63, 3.8) is 0 Å². The van der Waals surface area contributed by atoms with Crippen LogP contribution in [0.4, 0.5) is 0 Å². The summed E-state index contributed by atoms with van der Waals surface area (Å²) in [7, 11) is -17.9. The van der Waals surface area contributed by atoms with Crippen LogP contribution in [0.3, 0.4) is 0 Å². The molecule has 0 saturated carbocycles. The Labute approximate surface area is 303 Å². The highest BCUT2D eigenvalue weighted by molar-refractivity contribution is 8.33. The Kier molecular flexibility index (Phi) is 9.73. The maximum atomic E-state index is 3.30. The van der Waals surface area contributed by atoms with E-state index in [2.05, 4.69) is 205 Å². The molecule has 0 aliphatic carbocycles. The summed E-state index contributed by atoms with van der Waals surface area (Å²) < 4.78 is 0. The van der Waals surface area contributed by atoms with Crippen LogP contribution >= 0.6 is 0 Å². The van der Waals surface area contributed by atoms with Gasteiger partial charge in [-0.25, -0.2) is 0 Å². The molecular formula is C34H76Si13. The summed E-state index contributed by atoms with van der Waals surface area (Å²) in [6.07, 6.45) is 0. The molecule has 0 N–H and O–H groups in total. The van der Waals surface area contributed by atoms with Crippen LogP contribution in [0, 0.1) is 0 Å². The summed E-state index contributed by atoms with van der Waals surface area (Å²) in [6.45, 7) is 64.2. The highest BCUT2D eigenvalue weighted by Crippen LogP contribution is 2.61. The third kappa shape index (κ3) is 4.02. The van der Waals surface area contributed by atoms with Crippen LogP contribution in [-0.2, 0) is 0 Å². The minimum Gasteiger partial charge on any atom is -0.0746 e. The third-order valence-corrected chi connectivity index (χ3v) is 400. The van der Waals surface area contributed by atoms with Gasteiger partial charge in [-0.1, -0.05) is 215 Å². The Hall–Kier alpha value is 1.26. The van der Waals surface area contributed by atoms with Gasteiger partial charge >= 0.3 is 0 Å². The SMILES string of the molecule is C[Si]1(C)[Si](C)(C)[Si](C)(C)[Si](C)([Si](c2ccccc2)(c2ccccc2)[Si]2(C)[Si](C)(C)[Si](C)(C)[Si](C)(C)[Si](C)(C)[Si]2(C)C)[Si](C)(C)[Si]1(C)C. The molecule has 0 atom stereocenters. The van der Waals surface area contributed by atoms with Gasteiger partial charge in [0.15, 0.2) is 0 Å². The molecule has 2 heterocycles. The van der Waals surface area contributed by atoms with E-state index in [-0.39, 0.29) is 0 Å². The van der Waals surface area contributed by atoms with Crippen molar-refractivity contribution in [1.82, 2.24) is 0 Å². The second-order valence-electron chi connectivity index (χ2n) is 22.0. The summed E-state index contributed by atoms with van der Waals surface area (Å²) in [5, 5.41) is 3.98. The first kappa shape index (κ1) is 41.0. The van der Waals surface area contributed by atoms with E-state index in [4.69, 9.17) is 0 Å². The van der Waals surface area contributed by atoms with Crippen LogP contribution in [-0.4, -0.2) is 91.5 Å². The average Bonchev–Trinajstić information content (AvgIpc) is 2.96. The van der Waals surface area contributed by atoms with Crippen molar-refractivity contribution in [3.05, 3.63) is 60.7 Å². The molecule has 0 spiro atoms. The Morgan fingerprint density at radius 1 is 0.255 bits per heavy atom. The second kappa shape index (κ2) is 11.1. The molecule has 2 aliphatic rings. The fourth-order valence-corrected chi connectivity index (χ4v) is 718. The Morgan fingerprint density at radius 2 is 0.426 bits per heavy atom. The zero-order valence-electron chi connectivity index (χ0n) is 35.3. The molecule has 264 valence electrons. The van der Waals surface area contributed by atoms with Gasteiger partial charge in [-0.15, -0.1) is 0 Å². The third-order valence-electron chi connectivity index (χ3n) is 21.4. The second-order valence-corrected chi connectivity index (χ2v) is 185. The van der Waals surface area contributed by atoms with Crippen molar-refractivity contribution >= 4 is 102 Å². The van der Waals surface area contributed by atoms with Crippen LogP contribution in [0.2, 0.25) is 144 Å².